The number of unbranched alkanes of at least 4 members (excludes halogenated alkanes) is 1. The summed E-state index contributed by atoms with van der Waals surface area (Å²) in [6.07, 6.45) is 2.30. The monoisotopic (exact) mass is 301 g/mol. The molecule has 1 atom stereocenters. The van der Waals surface area contributed by atoms with Crippen LogP contribution in [0.3, 0.4) is 0 Å². The molecule has 1 unspecified atom stereocenters. The van der Waals surface area contributed by atoms with Crippen molar-refractivity contribution in [3.05, 3.63) is 0 Å². The van der Waals surface area contributed by atoms with Gasteiger partial charge in [-0.05, 0) is 13.3 Å². The first-order valence-corrected chi connectivity index (χ1v) is 5.77. The summed E-state index contributed by atoms with van der Waals surface area (Å²) < 4.78 is 2.05. The quantitative estimate of drug-likeness (QED) is 0.462. The van der Waals surface area contributed by atoms with Crippen molar-refractivity contribution in [2.45, 2.75) is 32.7 Å². The van der Waals surface area contributed by atoms with Crippen molar-refractivity contribution < 1.29 is 4.79 Å². The molecule has 0 saturated heterocycles. The van der Waals surface area contributed by atoms with Crippen LogP contribution in [-0.2, 0) is 4.79 Å². The van der Waals surface area contributed by atoms with Crippen molar-refractivity contribution in [1.29, 1.82) is 0 Å². The van der Waals surface area contributed by atoms with Gasteiger partial charge in [-0.1, -0.05) is 13.3 Å². The van der Waals surface area contributed by atoms with E-state index < -0.39 is 0 Å². The number of carbonyl (C=O) groups excluding carboxylic acids is 1. The fourth-order valence-electron chi connectivity index (χ4n) is 0.879. The molecule has 0 aromatic rings. The number of carbonyl (C=O) groups is 1. The number of hydrogen-bond donors (Lipinski definition) is 1. The molecule has 0 aliphatic carbocycles. The summed E-state index contributed by atoms with van der Waals surface area (Å²) in [6.45, 7) is 4.74. The van der Waals surface area contributed by atoms with Gasteiger partial charge in [-0.15, -0.1) is 0 Å². The highest BCUT2D eigenvalue weighted by molar-refractivity contribution is 14.1. The topological polar surface area (TPSA) is 20.3 Å². The van der Waals surface area contributed by atoms with Crippen molar-refractivity contribution in [2.24, 2.45) is 0 Å². The van der Waals surface area contributed by atoms with Gasteiger partial charge in [0.05, 0.1) is 6.04 Å². The molecule has 0 N–H and O–H groups in total. The highest BCUT2D eigenvalue weighted by Gasteiger charge is 2.18. The van der Waals surface area contributed by atoms with E-state index in [1.54, 1.807) is 6.92 Å². The zero-order valence-corrected chi connectivity index (χ0v) is 10.6. The molecule has 0 spiro atoms. The first-order chi connectivity index (χ1) is 5.63. The Bertz CT molecular complexity index is 143. The van der Waals surface area contributed by atoms with Gasteiger partial charge in [-0.25, -0.2) is 3.11 Å². The maximum absolute atomic E-state index is 11.1. The molecule has 4 heteroatoms. The predicted octanol–water partition coefficient (Wildman–Crippen LogP) is 2.33. The van der Waals surface area contributed by atoms with E-state index in [2.05, 4.69) is 45.5 Å². The highest BCUT2D eigenvalue weighted by atomic mass is 127. The first kappa shape index (κ1) is 12.7. The second-order valence-corrected chi connectivity index (χ2v) is 4.39. The van der Waals surface area contributed by atoms with E-state index in [0.29, 0.717) is 5.75 Å². The van der Waals surface area contributed by atoms with Gasteiger partial charge < -0.3 is 0 Å². The molecule has 0 rings (SSSR count). The van der Waals surface area contributed by atoms with Crippen LogP contribution >= 0.6 is 35.5 Å². The number of nitrogens with zero attached hydrogens (tertiary/aromatic N) is 1. The Morgan fingerprint density at radius 1 is 1.67 bits per heavy atom. The van der Waals surface area contributed by atoms with E-state index >= 15 is 0 Å². The number of ketones is 1. The molecule has 0 aromatic heterocycles. The van der Waals surface area contributed by atoms with Crippen molar-refractivity contribution in [1.82, 2.24) is 3.11 Å². The molecule has 0 saturated carbocycles. The van der Waals surface area contributed by atoms with Crippen LogP contribution in [0.4, 0.5) is 0 Å². The van der Waals surface area contributed by atoms with Gasteiger partial charge in [0.25, 0.3) is 0 Å². The number of halogens is 1. The summed E-state index contributed by atoms with van der Waals surface area (Å²) in [5, 5.41) is 0. The van der Waals surface area contributed by atoms with Crippen molar-refractivity contribution in [2.75, 3.05) is 12.3 Å². The maximum atomic E-state index is 11.1. The number of rotatable bonds is 6. The SMILES string of the molecule is CCCCN(I)C(CS)C(C)=O. The van der Waals surface area contributed by atoms with Crippen molar-refractivity contribution in [3.63, 3.8) is 0 Å². The van der Waals surface area contributed by atoms with Gasteiger partial charge >= 0.3 is 0 Å². The lowest BCUT2D eigenvalue weighted by molar-refractivity contribution is -0.119. The third kappa shape index (κ3) is 4.67. The van der Waals surface area contributed by atoms with Crippen molar-refractivity contribution in [3.8, 4) is 0 Å². The van der Waals surface area contributed by atoms with Crippen LogP contribution in [0.5, 0.6) is 0 Å². The third-order valence-electron chi connectivity index (χ3n) is 1.71. The molecule has 0 heterocycles. The molecule has 0 bridgehead atoms. The molecule has 0 radical (unpaired) electrons. The lowest BCUT2D eigenvalue weighted by Gasteiger charge is -2.21. The van der Waals surface area contributed by atoms with E-state index in [9.17, 15) is 4.79 Å². The van der Waals surface area contributed by atoms with Crippen LogP contribution in [0.15, 0.2) is 0 Å². The minimum Gasteiger partial charge on any atom is -0.298 e. The molecule has 72 valence electrons. The fraction of sp³-hybridized carbons (Fsp3) is 0.875. The van der Waals surface area contributed by atoms with E-state index in [4.69, 9.17) is 0 Å². The molecular formula is C8H16INOS. The van der Waals surface area contributed by atoms with Gasteiger partial charge in [0.1, 0.15) is 5.78 Å². The summed E-state index contributed by atoms with van der Waals surface area (Å²) >= 11 is 6.35. The van der Waals surface area contributed by atoms with Crippen molar-refractivity contribution >= 4 is 41.3 Å². The smallest absolute Gasteiger partial charge is 0.148 e. The number of Topliss-reactive ketones (excluding diaryl/α,β-unsaturated/α-hetero) is 1. The van der Waals surface area contributed by atoms with E-state index in [1.165, 1.54) is 0 Å². The van der Waals surface area contributed by atoms with E-state index in [1.807, 2.05) is 0 Å². The molecule has 12 heavy (non-hydrogen) atoms. The average molecular weight is 301 g/mol. The van der Waals surface area contributed by atoms with Crippen LogP contribution in [0.25, 0.3) is 0 Å². The Hall–Kier alpha value is 0.710. The van der Waals surface area contributed by atoms with E-state index in [0.717, 1.165) is 19.4 Å². The normalized spacial score (nSPS) is 13.4. The fourth-order valence-corrected chi connectivity index (χ4v) is 2.58. The lowest BCUT2D eigenvalue weighted by atomic mass is 10.2. The zero-order valence-electron chi connectivity index (χ0n) is 7.59. The van der Waals surface area contributed by atoms with Crippen LogP contribution in [0, 0.1) is 0 Å². The van der Waals surface area contributed by atoms with Gasteiger partial charge in [-0.3, -0.25) is 4.79 Å². The second-order valence-electron chi connectivity index (χ2n) is 2.79. The Kier molecular flexibility index (Phi) is 7.57. The zero-order chi connectivity index (χ0) is 9.56. The van der Waals surface area contributed by atoms with Gasteiger partial charge in [-0.2, -0.15) is 12.6 Å². The van der Waals surface area contributed by atoms with Crippen LogP contribution in [0.2, 0.25) is 0 Å². The molecule has 0 fully saturated rings. The summed E-state index contributed by atoms with van der Waals surface area (Å²) in [7, 11) is 0. The van der Waals surface area contributed by atoms with Gasteiger partial charge in [0, 0.05) is 35.2 Å². The average Bonchev–Trinajstić information content (AvgIpc) is 2.01. The summed E-state index contributed by atoms with van der Waals surface area (Å²) in [5.41, 5.74) is 0. The van der Waals surface area contributed by atoms with Crippen LogP contribution in [-0.4, -0.2) is 27.2 Å². The number of thiol groups is 1. The van der Waals surface area contributed by atoms with Gasteiger partial charge in [0.15, 0.2) is 0 Å². The maximum Gasteiger partial charge on any atom is 0.148 e. The number of hydrogen-bond acceptors (Lipinski definition) is 3. The third-order valence-corrected chi connectivity index (χ3v) is 3.21. The lowest BCUT2D eigenvalue weighted by Crippen LogP contribution is -2.35. The Labute approximate surface area is 94.0 Å². The minimum absolute atomic E-state index is 0.0134. The molecule has 0 amide bonds. The molecule has 0 aliphatic heterocycles. The Balaban J connectivity index is 3.85. The Morgan fingerprint density at radius 3 is 2.58 bits per heavy atom. The summed E-state index contributed by atoms with van der Waals surface area (Å²) in [6, 6.07) is -0.0134. The highest BCUT2D eigenvalue weighted by Crippen LogP contribution is 2.11. The molecule has 0 aliphatic rings. The van der Waals surface area contributed by atoms with Crippen LogP contribution < -0.4 is 0 Å². The van der Waals surface area contributed by atoms with E-state index in [-0.39, 0.29) is 11.8 Å². The van der Waals surface area contributed by atoms with Gasteiger partial charge in [0.2, 0.25) is 0 Å². The predicted molar refractivity (Wildman–Crippen MR) is 64.0 cm³/mol. The molecule has 2 nitrogen and oxygen atoms in total. The second kappa shape index (κ2) is 7.15. The van der Waals surface area contributed by atoms with Crippen LogP contribution in [0.1, 0.15) is 26.7 Å². The summed E-state index contributed by atoms with van der Waals surface area (Å²) in [4.78, 5) is 11.1. The molecule has 0 aromatic carbocycles. The first-order valence-electron chi connectivity index (χ1n) is 4.17. The summed E-state index contributed by atoms with van der Waals surface area (Å²) in [5.74, 6) is 0.817. The largest absolute Gasteiger partial charge is 0.298 e. The Morgan fingerprint density at radius 2 is 2.25 bits per heavy atom. The standard InChI is InChI=1S/C8H16INOS/c1-3-4-5-10(9)8(6-12)7(2)11/h8,12H,3-6H2,1-2H3. The molecular weight excluding hydrogens is 285 g/mol. The minimum atomic E-state index is -0.0134.